The summed E-state index contributed by atoms with van der Waals surface area (Å²) in [5, 5.41) is 0. The largest absolute Gasteiger partial charge is 0.476 e. The molecule has 0 radical (unpaired) electrons. The quantitative estimate of drug-likeness (QED) is 0.846. The van der Waals surface area contributed by atoms with Gasteiger partial charge in [-0.05, 0) is 44.9 Å². The van der Waals surface area contributed by atoms with Crippen LogP contribution in [-0.2, 0) is 4.79 Å². The summed E-state index contributed by atoms with van der Waals surface area (Å²) in [6, 6.07) is 5.83. The lowest BCUT2D eigenvalue weighted by Gasteiger charge is -2.39. The summed E-state index contributed by atoms with van der Waals surface area (Å²) in [6.45, 7) is 8.48. The van der Waals surface area contributed by atoms with Gasteiger partial charge in [-0.3, -0.25) is 4.79 Å². The van der Waals surface area contributed by atoms with Crippen molar-refractivity contribution >= 4 is 11.6 Å². The zero-order chi connectivity index (χ0) is 15.6. The number of nitrogens with zero attached hydrogens (tertiary/aromatic N) is 1. The number of benzene rings is 1. The number of carbonyl (C=O) groups is 1. The standard InChI is InChI=1S/C17H26N2O2/c1-5-6-7-10-19-14-11-13(12(2)18)8-9-15(14)21-17(3,4)16(19)20/h8-9,11-12H,5-7,10,18H2,1-4H3. The van der Waals surface area contributed by atoms with Crippen LogP contribution in [0.4, 0.5) is 5.69 Å². The molecule has 0 spiro atoms. The van der Waals surface area contributed by atoms with Crippen LogP contribution in [0.3, 0.4) is 0 Å². The molecule has 0 fully saturated rings. The highest BCUT2D eigenvalue weighted by molar-refractivity contribution is 6.02. The van der Waals surface area contributed by atoms with Crippen molar-refractivity contribution < 1.29 is 9.53 Å². The molecule has 4 heteroatoms. The van der Waals surface area contributed by atoms with Crippen LogP contribution in [0.2, 0.25) is 0 Å². The van der Waals surface area contributed by atoms with Crippen LogP contribution in [0, 0.1) is 0 Å². The van der Waals surface area contributed by atoms with Crippen LogP contribution in [0.5, 0.6) is 5.75 Å². The molecule has 0 saturated heterocycles. The van der Waals surface area contributed by atoms with Crippen molar-refractivity contribution in [3.8, 4) is 5.75 Å². The predicted molar refractivity (Wildman–Crippen MR) is 85.6 cm³/mol. The molecular formula is C17H26N2O2. The smallest absolute Gasteiger partial charge is 0.270 e. The lowest BCUT2D eigenvalue weighted by atomic mass is 10.0. The van der Waals surface area contributed by atoms with Gasteiger partial charge in [-0.15, -0.1) is 0 Å². The average Bonchev–Trinajstić information content (AvgIpc) is 2.42. The first-order valence-electron chi connectivity index (χ1n) is 7.77. The highest BCUT2D eigenvalue weighted by atomic mass is 16.5. The van der Waals surface area contributed by atoms with Gasteiger partial charge in [-0.2, -0.15) is 0 Å². The second-order valence-electron chi connectivity index (χ2n) is 6.29. The van der Waals surface area contributed by atoms with Gasteiger partial charge in [0.05, 0.1) is 5.69 Å². The number of ether oxygens (including phenoxy) is 1. The molecule has 1 heterocycles. The number of anilines is 1. The van der Waals surface area contributed by atoms with Crippen molar-refractivity contribution in [3.63, 3.8) is 0 Å². The van der Waals surface area contributed by atoms with Crippen LogP contribution in [0.1, 0.15) is 58.6 Å². The molecule has 1 amide bonds. The van der Waals surface area contributed by atoms with E-state index in [9.17, 15) is 4.79 Å². The molecular weight excluding hydrogens is 264 g/mol. The van der Waals surface area contributed by atoms with Crippen molar-refractivity contribution in [2.24, 2.45) is 5.73 Å². The molecule has 1 aromatic rings. The van der Waals surface area contributed by atoms with Gasteiger partial charge in [0.1, 0.15) is 5.75 Å². The highest BCUT2D eigenvalue weighted by Crippen LogP contribution is 2.39. The first-order chi connectivity index (χ1) is 9.86. The van der Waals surface area contributed by atoms with Gasteiger partial charge in [0.2, 0.25) is 0 Å². The fraction of sp³-hybridized carbons (Fsp3) is 0.588. The lowest BCUT2D eigenvalue weighted by Crippen LogP contribution is -2.52. The maximum Gasteiger partial charge on any atom is 0.270 e. The Bertz CT molecular complexity index is 524. The summed E-state index contributed by atoms with van der Waals surface area (Å²) >= 11 is 0. The van der Waals surface area contributed by atoms with E-state index in [1.807, 2.05) is 43.9 Å². The first kappa shape index (κ1) is 15.8. The van der Waals surface area contributed by atoms with Crippen LogP contribution in [-0.4, -0.2) is 18.1 Å². The summed E-state index contributed by atoms with van der Waals surface area (Å²) in [5.74, 6) is 0.786. The summed E-state index contributed by atoms with van der Waals surface area (Å²) in [6.07, 6.45) is 3.25. The van der Waals surface area contributed by atoms with Crippen molar-refractivity contribution in [2.45, 2.75) is 58.6 Å². The molecule has 1 atom stereocenters. The summed E-state index contributed by atoms with van der Waals surface area (Å²) in [5.41, 5.74) is 7.02. The Morgan fingerprint density at radius 3 is 2.67 bits per heavy atom. The first-order valence-corrected chi connectivity index (χ1v) is 7.77. The normalized spacial score (nSPS) is 18.1. The van der Waals surface area contributed by atoms with Gasteiger partial charge in [-0.25, -0.2) is 0 Å². The molecule has 4 nitrogen and oxygen atoms in total. The number of carbonyl (C=O) groups excluding carboxylic acids is 1. The second-order valence-corrected chi connectivity index (χ2v) is 6.29. The van der Waals surface area contributed by atoms with E-state index in [1.165, 1.54) is 0 Å². The Labute approximate surface area is 127 Å². The van der Waals surface area contributed by atoms with Gasteiger partial charge >= 0.3 is 0 Å². The third kappa shape index (κ3) is 3.21. The van der Waals surface area contributed by atoms with Gasteiger partial charge in [0.15, 0.2) is 5.60 Å². The topological polar surface area (TPSA) is 55.6 Å². The lowest BCUT2D eigenvalue weighted by molar-refractivity contribution is -0.132. The molecule has 0 aromatic heterocycles. The number of fused-ring (bicyclic) bond motifs is 1. The Balaban J connectivity index is 2.38. The van der Waals surface area contributed by atoms with Crippen LogP contribution in [0.25, 0.3) is 0 Å². The second kappa shape index (κ2) is 6.06. The van der Waals surface area contributed by atoms with Crippen molar-refractivity contribution in [3.05, 3.63) is 23.8 Å². The van der Waals surface area contributed by atoms with Crippen LogP contribution < -0.4 is 15.4 Å². The summed E-state index contributed by atoms with van der Waals surface area (Å²) in [7, 11) is 0. The fourth-order valence-electron chi connectivity index (χ4n) is 2.61. The summed E-state index contributed by atoms with van der Waals surface area (Å²) in [4.78, 5) is 14.5. The molecule has 2 rings (SSSR count). The molecule has 116 valence electrons. The Kier molecular flexibility index (Phi) is 4.57. The van der Waals surface area contributed by atoms with Crippen molar-refractivity contribution in [2.75, 3.05) is 11.4 Å². The molecule has 0 saturated carbocycles. The molecule has 21 heavy (non-hydrogen) atoms. The maximum absolute atomic E-state index is 12.7. The number of hydrogen-bond acceptors (Lipinski definition) is 3. The van der Waals surface area contributed by atoms with Gasteiger partial charge in [0, 0.05) is 12.6 Å². The maximum atomic E-state index is 12.7. The Hall–Kier alpha value is -1.55. The minimum atomic E-state index is -0.810. The van der Waals surface area contributed by atoms with Crippen LogP contribution in [0.15, 0.2) is 18.2 Å². The molecule has 2 N–H and O–H groups in total. The molecule has 1 aliphatic heterocycles. The molecule has 0 bridgehead atoms. The molecule has 1 aliphatic rings. The summed E-state index contributed by atoms with van der Waals surface area (Å²) < 4.78 is 5.87. The minimum absolute atomic E-state index is 0.0212. The Morgan fingerprint density at radius 2 is 2.05 bits per heavy atom. The van der Waals surface area contributed by atoms with Gasteiger partial charge in [-0.1, -0.05) is 25.8 Å². The zero-order valence-electron chi connectivity index (χ0n) is 13.5. The number of amides is 1. The number of unbranched alkanes of at least 4 members (excludes halogenated alkanes) is 2. The molecule has 0 aliphatic carbocycles. The minimum Gasteiger partial charge on any atom is -0.476 e. The highest BCUT2D eigenvalue weighted by Gasteiger charge is 2.40. The number of rotatable bonds is 5. The fourth-order valence-corrected chi connectivity index (χ4v) is 2.61. The monoisotopic (exact) mass is 290 g/mol. The van der Waals surface area contributed by atoms with Crippen LogP contribution >= 0.6 is 0 Å². The van der Waals surface area contributed by atoms with E-state index in [-0.39, 0.29) is 11.9 Å². The van der Waals surface area contributed by atoms with Gasteiger partial charge < -0.3 is 15.4 Å². The van der Waals surface area contributed by atoms with E-state index < -0.39 is 5.60 Å². The average molecular weight is 290 g/mol. The van der Waals surface area contributed by atoms with Crippen molar-refractivity contribution in [1.29, 1.82) is 0 Å². The third-order valence-electron chi connectivity index (χ3n) is 3.91. The Morgan fingerprint density at radius 1 is 1.33 bits per heavy atom. The SMILES string of the molecule is CCCCCN1C(=O)C(C)(C)Oc2ccc(C(C)N)cc21. The molecule has 1 unspecified atom stereocenters. The van der Waals surface area contributed by atoms with Crippen molar-refractivity contribution in [1.82, 2.24) is 0 Å². The van der Waals surface area contributed by atoms with E-state index in [2.05, 4.69) is 6.92 Å². The predicted octanol–water partition coefficient (Wildman–Crippen LogP) is 3.40. The zero-order valence-corrected chi connectivity index (χ0v) is 13.5. The van der Waals surface area contributed by atoms with E-state index >= 15 is 0 Å². The van der Waals surface area contributed by atoms with E-state index in [4.69, 9.17) is 10.5 Å². The third-order valence-corrected chi connectivity index (χ3v) is 3.91. The number of hydrogen-bond donors (Lipinski definition) is 1. The van der Waals surface area contributed by atoms with Gasteiger partial charge in [0.25, 0.3) is 5.91 Å². The van der Waals surface area contributed by atoms with E-state index in [0.29, 0.717) is 0 Å². The van der Waals surface area contributed by atoms with E-state index in [1.54, 1.807) is 0 Å². The number of nitrogens with two attached hydrogens (primary N) is 1. The molecule has 1 aromatic carbocycles. The van der Waals surface area contributed by atoms with E-state index in [0.717, 1.165) is 42.8 Å².